The number of hydrogen-bond acceptors (Lipinski definition) is 2. The molecule has 0 N–H and O–H groups in total. The van der Waals surface area contributed by atoms with Gasteiger partial charge < -0.3 is 4.74 Å². The Morgan fingerprint density at radius 1 is 1.00 bits per heavy atom. The Bertz CT molecular complexity index is 716. The second kappa shape index (κ2) is 5.85. The van der Waals surface area contributed by atoms with Gasteiger partial charge in [-0.15, -0.1) is 0 Å². The predicted molar refractivity (Wildman–Crippen MR) is 82.8 cm³/mol. The molecule has 2 heteroatoms. The zero-order valence-corrected chi connectivity index (χ0v) is 11.5. The molecule has 100 valence electrons. The quantitative estimate of drug-likeness (QED) is 0.707. The molecule has 0 saturated carbocycles. The summed E-state index contributed by atoms with van der Waals surface area (Å²) in [6.07, 6.45) is 2.81. The number of nitrogens with zero attached hydrogens (tertiary/aromatic N) is 1. The number of para-hydroxylation sites is 1. The van der Waals surface area contributed by atoms with E-state index in [2.05, 4.69) is 47.4 Å². The molecule has 0 bridgehead atoms. The highest BCUT2D eigenvalue weighted by Crippen LogP contribution is 2.27. The van der Waals surface area contributed by atoms with Crippen molar-refractivity contribution in [1.29, 1.82) is 0 Å². The van der Waals surface area contributed by atoms with Crippen LogP contribution in [-0.2, 0) is 11.2 Å². The van der Waals surface area contributed by atoms with Crippen LogP contribution < -0.4 is 0 Å². The van der Waals surface area contributed by atoms with Crippen LogP contribution in [-0.4, -0.2) is 18.7 Å². The predicted octanol–water partition coefficient (Wildman–Crippen LogP) is 4.09. The molecule has 0 unspecified atom stereocenters. The molecule has 0 aliphatic carbocycles. The lowest BCUT2D eigenvalue weighted by atomic mass is 9.99. The van der Waals surface area contributed by atoms with Crippen LogP contribution in [0.15, 0.2) is 60.8 Å². The van der Waals surface area contributed by atoms with E-state index in [9.17, 15) is 0 Å². The Labute approximate surface area is 119 Å². The molecule has 0 fully saturated rings. The van der Waals surface area contributed by atoms with E-state index >= 15 is 0 Å². The first-order valence-corrected chi connectivity index (χ1v) is 6.80. The Hall–Kier alpha value is -2.19. The summed E-state index contributed by atoms with van der Waals surface area (Å²) in [6.45, 7) is 0.751. The van der Waals surface area contributed by atoms with E-state index in [1.807, 2.05) is 18.3 Å². The number of aromatic nitrogens is 1. The lowest BCUT2D eigenvalue weighted by Gasteiger charge is -2.08. The Kier molecular flexibility index (Phi) is 3.75. The summed E-state index contributed by atoms with van der Waals surface area (Å²) in [5.41, 5.74) is 4.80. The summed E-state index contributed by atoms with van der Waals surface area (Å²) in [6, 6.07) is 19.0. The standard InChI is InChI=1S/C18H17NO/c1-20-12-10-14-5-4-6-15(13-14)16-9-11-19-18-8-3-2-7-17(16)18/h2-9,11,13H,10,12H2,1H3. The maximum Gasteiger partial charge on any atom is 0.0708 e. The molecule has 0 spiro atoms. The average Bonchev–Trinajstić information content (AvgIpc) is 2.52. The van der Waals surface area contributed by atoms with Crippen molar-refractivity contribution in [3.8, 4) is 11.1 Å². The summed E-state index contributed by atoms with van der Waals surface area (Å²) in [5.74, 6) is 0. The van der Waals surface area contributed by atoms with Crippen molar-refractivity contribution in [2.75, 3.05) is 13.7 Å². The second-order valence-electron chi connectivity index (χ2n) is 4.82. The van der Waals surface area contributed by atoms with E-state index in [1.54, 1.807) is 7.11 Å². The van der Waals surface area contributed by atoms with Gasteiger partial charge in [-0.2, -0.15) is 0 Å². The lowest BCUT2D eigenvalue weighted by molar-refractivity contribution is 0.202. The van der Waals surface area contributed by atoms with Crippen molar-refractivity contribution in [3.63, 3.8) is 0 Å². The second-order valence-corrected chi connectivity index (χ2v) is 4.82. The highest BCUT2D eigenvalue weighted by molar-refractivity contribution is 5.94. The fourth-order valence-electron chi connectivity index (χ4n) is 2.46. The van der Waals surface area contributed by atoms with Gasteiger partial charge in [0.05, 0.1) is 12.1 Å². The third-order valence-electron chi connectivity index (χ3n) is 3.48. The number of fused-ring (bicyclic) bond motifs is 1. The number of hydrogen-bond donors (Lipinski definition) is 0. The molecule has 3 aromatic rings. The Balaban J connectivity index is 2.06. The van der Waals surface area contributed by atoms with Crippen LogP contribution >= 0.6 is 0 Å². The normalized spacial score (nSPS) is 10.8. The van der Waals surface area contributed by atoms with Crippen molar-refractivity contribution >= 4 is 10.9 Å². The first-order chi connectivity index (χ1) is 9.88. The fraction of sp³-hybridized carbons (Fsp3) is 0.167. The molecular weight excluding hydrogens is 246 g/mol. The molecule has 2 nitrogen and oxygen atoms in total. The van der Waals surface area contributed by atoms with Crippen LogP contribution in [0.5, 0.6) is 0 Å². The van der Waals surface area contributed by atoms with Gasteiger partial charge in [0.15, 0.2) is 0 Å². The lowest BCUT2D eigenvalue weighted by Crippen LogP contribution is -1.94. The van der Waals surface area contributed by atoms with Crippen molar-refractivity contribution in [2.45, 2.75) is 6.42 Å². The van der Waals surface area contributed by atoms with E-state index < -0.39 is 0 Å². The summed E-state index contributed by atoms with van der Waals surface area (Å²) in [7, 11) is 1.74. The zero-order valence-electron chi connectivity index (χ0n) is 11.5. The van der Waals surface area contributed by atoms with Crippen molar-refractivity contribution < 1.29 is 4.74 Å². The molecule has 20 heavy (non-hydrogen) atoms. The van der Waals surface area contributed by atoms with E-state index in [1.165, 1.54) is 22.1 Å². The van der Waals surface area contributed by atoms with Gasteiger partial charge in [0, 0.05) is 18.7 Å². The first kappa shape index (κ1) is 12.8. The van der Waals surface area contributed by atoms with Gasteiger partial charge in [-0.05, 0) is 35.2 Å². The topological polar surface area (TPSA) is 22.1 Å². The summed E-state index contributed by atoms with van der Waals surface area (Å²) >= 11 is 0. The van der Waals surface area contributed by atoms with Crippen LogP contribution in [0, 0.1) is 0 Å². The van der Waals surface area contributed by atoms with E-state index in [-0.39, 0.29) is 0 Å². The van der Waals surface area contributed by atoms with Gasteiger partial charge in [0.25, 0.3) is 0 Å². The third-order valence-corrected chi connectivity index (χ3v) is 3.48. The molecule has 0 saturated heterocycles. The number of rotatable bonds is 4. The van der Waals surface area contributed by atoms with Crippen LogP contribution in [0.3, 0.4) is 0 Å². The number of methoxy groups -OCH3 is 1. The molecule has 0 aliphatic heterocycles. The first-order valence-electron chi connectivity index (χ1n) is 6.80. The average molecular weight is 263 g/mol. The fourth-order valence-corrected chi connectivity index (χ4v) is 2.46. The molecule has 0 amide bonds. The van der Waals surface area contributed by atoms with E-state index in [0.717, 1.165) is 18.5 Å². The SMILES string of the molecule is COCCc1cccc(-c2ccnc3ccccc23)c1. The molecule has 0 radical (unpaired) electrons. The molecule has 3 rings (SSSR count). The van der Waals surface area contributed by atoms with E-state index in [4.69, 9.17) is 4.74 Å². The van der Waals surface area contributed by atoms with E-state index in [0.29, 0.717) is 0 Å². The minimum absolute atomic E-state index is 0.751. The maximum atomic E-state index is 5.15. The summed E-state index contributed by atoms with van der Waals surface area (Å²) in [5, 5.41) is 1.19. The Morgan fingerprint density at radius 2 is 1.90 bits per heavy atom. The highest BCUT2D eigenvalue weighted by Gasteiger charge is 2.04. The van der Waals surface area contributed by atoms with Gasteiger partial charge in [-0.1, -0.05) is 42.5 Å². The maximum absolute atomic E-state index is 5.15. The van der Waals surface area contributed by atoms with Gasteiger partial charge in [-0.25, -0.2) is 0 Å². The van der Waals surface area contributed by atoms with Crippen LogP contribution in [0.25, 0.3) is 22.0 Å². The smallest absolute Gasteiger partial charge is 0.0708 e. The van der Waals surface area contributed by atoms with Crippen molar-refractivity contribution in [3.05, 3.63) is 66.4 Å². The van der Waals surface area contributed by atoms with Gasteiger partial charge in [0.2, 0.25) is 0 Å². The van der Waals surface area contributed by atoms with Crippen LogP contribution in [0.2, 0.25) is 0 Å². The molecule has 1 heterocycles. The van der Waals surface area contributed by atoms with Gasteiger partial charge >= 0.3 is 0 Å². The van der Waals surface area contributed by atoms with Gasteiger partial charge in [0.1, 0.15) is 0 Å². The van der Waals surface area contributed by atoms with Crippen LogP contribution in [0.4, 0.5) is 0 Å². The molecule has 0 aliphatic rings. The Morgan fingerprint density at radius 3 is 2.80 bits per heavy atom. The van der Waals surface area contributed by atoms with Gasteiger partial charge in [-0.3, -0.25) is 4.98 Å². The molecule has 0 atom stereocenters. The molecule has 2 aromatic carbocycles. The zero-order chi connectivity index (χ0) is 13.8. The number of pyridine rings is 1. The minimum Gasteiger partial charge on any atom is -0.384 e. The van der Waals surface area contributed by atoms with Crippen molar-refractivity contribution in [2.24, 2.45) is 0 Å². The number of ether oxygens (including phenoxy) is 1. The van der Waals surface area contributed by atoms with Crippen molar-refractivity contribution in [1.82, 2.24) is 4.98 Å². The summed E-state index contributed by atoms with van der Waals surface area (Å²) < 4.78 is 5.15. The third kappa shape index (κ3) is 2.56. The van der Waals surface area contributed by atoms with Crippen LogP contribution in [0.1, 0.15) is 5.56 Å². The number of benzene rings is 2. The molecular formula is C18H17NO. The monoisotopic (exact) mass is 263 g/mol. The largest absolute Gasteiger partial charge is 0.384 e. The summed E-state index contributed by atoms with van der Waals surface area (Å²) in [4.78, 5) is 4.42. The highest BCUT2D eigenvalue weighted by atomic mass is 16.5. The minimum atomic E-state index is 0.751. The molecule has 1 aromatic heterocycles.